The molecule has 0 amide bonds. The van der Waals surface area contributed by atoms with Crippen molar-refractivity contribution in [1.29, 1.82) is 0 Å². The molecule has 16 rings (SSSR count). The molecule has 0 N–H and O–H groups in total. The number of rotatable bonds is 5. The highest BCUT2D eigenvalue weighted by Crippen LogP contribution is 2.44. The van der Waals surface area contributed by atoms with Gasteiger partial charge in [0.25, 0.3) is 0 Å². The van der Waals surface area contributed by atoms with Crippen LogP contribution >= 0.6 is 22.7 Å². The van der Waals surface area contributed by atoms with Crippen molar-refractivity contribution in [2.75, 3.05) is 0 Å². The molecule has 12 heteroatoms. The molecule has 0 radical (unpaired) electrons. The summed E-state index contributed by atoms with van der Waals surface area (Å²) >= 11 is 3.60. The monoisotopic (exact) mass is 956 g/mol. The second-order valence-electron chi connectivity index (χ2n) is 18.1. The van der Waals surface area contributed by atoms with Crippen LogP contribution in [0.2, 0.25) is 0 Å². The van der Waals surface area contributed by atoms with E-state index < -0.39 is 0 Å². The zero-order valence-corrected chi connectivity index (χ0v) is 39.4. The zero-order chi connectivity index (χ0) is 47.0. The summed E-state index contributed by atoms with van der Waals surface area (Å²) in [6.07, 6.45) is 10.9. The van der Waals surface area contributed by atoms with Gasteiger partial charge >= 0.3 is 0 Å². The molecule has 72 heavy (non-hydrogen) atoms. The first-order valence-electron chi connectivity index (χ1n) is 23.5. The SMILES string of the molecule is c1ccc(-c2cnc3c4cc5c(cc4n(-c4cnc6ccccc6n4)c3c2)sc2cc(-c3ccc(-c4cnc6c7cc8c(cc7n(-c7cnc9nccnc9n7)c6c4)sc4ccccc48)cc3)ccc25)cc1. The number of nitrogens with zero attached hydrogens (tertiary/aromatic N) is 10. The molecular formula is C60H32N10S2. The molecule has 0 unspecified atom stereocenters. The summed E-state index contributed by atoms with van der Waals surface area (Å²) in [5.74, 6) is 1.42. The van der Waals surface area contributed by atoms with Crippen LogP contribution in [0.5, 0.6) is 0 Å². The second kappa shape index (κ2) is 15.1. The molecule has 16 aromatic rings. The topological polar surface area (TPSA) is 113 Å². The zero-order valence-electron chi connectivity index (χ0n) is 37.8. The van der Waals surface area contributed by atoms with Gasteiger partial charge in [-0.05, 0) is 82.9 Å². The van der Waals surface area contributed by atoms with E-state index in [1.165, 1.54) is 40.3 Å². The number of benzene rings is 7. The summed E-state index contributed by atoms with van der Waals surface area (Å²) in [6, 6.07) is 56.2. The lowest BCUT2D eigenvalue weighted by Gasteiger charge is -2.09. The van der Waals surface area contributed by atoms with Crippen molar-refractivity contribution in [3.05, 3.63) is 195 Å². The summed E-state index contributed by atoms with van der Waals surface area (Å²) in [5.41, 5.74) is 15.0. The Hall–Kier alpha value is -9.36. The Morgan fingerprint density at radius 3 is 1.57 bits per heavy atom. The number of hydrogen-bond donors (Lipinski definition) is 0. The second-order valence-corrected chi connectivity index (χ2v) is 20.3. The highest BCUT2D eigenvalue weighted by Gasteiger charge is 2.21. The van der Waals surface area contributed by atoms with Crippen LogP contribution in [0.4, 0.5) is 0 Å². The molecule has 0 saturated heterocycles. The predicted octanol–water partition coefficient (Wildman–Crippen LogP) is 15.1. The summed E-state index contributed by atoms with van der Waals surface area (Å²) in [7, 11) is 0. The maximum absolute atomic E-state index is 5.18. The van der Waals surface area contributed by atoms with Crippen LogP contribution in [0, 0.1) is 0 Å². The maximum Gasteiger partial charge on any atom is 0.199 e. The molecule has 9 heterocycles. The Bertz CT molecular complexity index is 4940. The minimum absolute atomic E-state index is 0.491. The van der Waals surface area contributed by atoms with Crippen molar-refractivity contribution in [2.45, 2.75) is 0 Å². The Labute approximate surface area is 415 Å². The first-order valence-corrected chi connectivity index (χ1v) is 25.2. The standard InChI is InChI=1S/C60H32N10S2/c1-2-8-33(9-3-1)37-22-49-57(64-29-37)44-26-42-40-19-18-36(24-52(40)72-54(42)28-47(44)69(49)55-31-63-45-11-5-6-12-46(45)67-55)34-14-16-35(17-15-34)38-23-50-58(65-30-38)43-25-41-39-10-4-7-13-51(39)71-53(41)27-48(43)70(50)56-32-66-59-60(68-56)62-21-20-61-59/h1-32H. The first-order chi connectivity index (χ1) is 35.6. The molecule has 0 fully saturated rings. The smallest absolute Gasteiger partial charge is 0.199 e. The molecule has 0 bridgehead atoms. The normalized spacial score (nSPS) is 12.2. The fourth-order valence-electron chi connectivity index (χ4n) is 10.6. The summed E-state index contributed by atoms with van der Waals surface area (Å²) in [5, 5.41) is 7.02. The van der Waals surface area contributed by atoms with Crippen molar-refractivity contribution in [2.24, 2.45) is 0 Å². The van der Waals surface area contributed by atoms with E-state index in [4.69, 9.17) is 24.9 Å². The van der Waals surface area contributed by atoms with E-state index in [9.17, 15) is 0 Å². The number of pyridine rings is 2. The average molecular weight is 957 g/mol. The summed E-state index contributed by atoms with van der Waals surface area (Å²) in [4.78, 5) is 38.8. The van der Waals surface area contributed by atoms with E-state index in [-0.39, 0.29) is 0 Å². The van der Waals surface area contributed by atoms with Crippen LogP contribution in [0.15, 0.2) is 195 Å². The lowest BCUT2D eigenvalue weighted by Crippen LogP contribution is -2.01. The molecule has 0 saturated carbocycles. The van der Waals surface area contributed by atoms with Gasteiger partial charge in [0.05, 0.1) is 56.5 Å². The van der Waals surface area contributed by atoms with Gasteiger partial charge in [0.2, 0.25) is 0 Å². The van der Waals surface area contributed by atoms with E-state index in [1.807, 2.05) is 60.3 Å². The van der Waals surface area contributed by atoms with Gasteiger partial charge in [-0.1, -0.05) is 97.1 Å². The quantitative estimate of drug-likeness (QED) is 0.168. The molecule has 0 aliphatic carbocycles. The largest absolute Gasteiger partial charge is 0.291 e. The predicted molar refractivity (Wildman–Crippen MR) is 295 cm³/mol. The fraction of sp³-hybridized carbons (Fsp3) is 0. The number of fused-ring (bicyclic) bond motifs is 14. The fourth-order valence-corrected chi connectivity index (χ4v) is 12.9. The lowest BCUT2D eigenvalue weighted by atomic mass is 10.00. The van der Waals surface area contributed by atoms with Crippen LogP contribution in [-0.4, -0.2) is 49.0 Å². The Kier molecular flexibility index (Phi) is 8.26. The molecule has 334 valence electrons. The van der Waals surface area contributed by atoms with Crippen molar-refractivity contribution >= 4 is 129 Å². The van der Waals surface area contributed by atoms with Gasteiger partial charge in [-0.2, -0.15) is 0 Å². The van der Waals surface area contributed by atoms with Crippen LogP contribution in [-0.2, 0) is 0 Å². The number of aromatic nitrogens is 10. The van der Waals surface area contributed by atoms with Crippen LogP contribution in [0.3, 0.4) is 0 Å². The highest BCUT2D eigenvalue weighted by atomic mass is 32.1. The van der Waals surface area contributed by atoms with E-state index in [0.717, 1.165) is 94.1 Å². The molecule has 0 atom stereocenters. The van der Waals surface area contributed by atoms with Gasteiger partial charge < -0.3 is 0 Å². The third-order valence-electron chi connectivity index (χ3n) is 14.0. The highest BCUT2D eigenvalue weighted by molar-refractivity contribution is 7.26. The van der Waals surface area contributed by atoms with Gasteiger partial charge in [0.1, 0.15) is 0 Å². The third-order valence-corrected chi connectivity index (χ3v) is 16.3. The van der Waals surface area contributed by atoms with E-state index >= 15 is 0 Å². The van der Waals surface area contributed by atoms with Crippen LogP contribution < -0.4 is 0 Å². The molecule has 10 nitrogen and oxygen atoms in total. The minimum Gasteiger partial charge on any atom is -0.291 e. The van der Waals surface area contributed by atoms with Crippen molar-refractivity contribution < 1.29 is 0 Å². The van der Waals surface area contributed by atoms with E-state index in [1.54, 1.807) is 29.9 Å². The van der Waals surface area contributed by atoms with Crippen molar-refractivity contribution in [3.8, 4) is 45.0 Å². The minimum atomic E-state index is 0.491. The van der Waals surface area contributed by atoms with Crippen molar-refractivity contribution in [1.82, 2.24) is 49.0 Å². The maximum atomic E-state index is 5.18. The lowest BCUT2D eigenvalue weighted by molar-refractivity contribution is 1.05. The van der Waals surface area contributed by atoms with Gasteiger partial charge in [-0.15, -0.1) is 22.7 Å². The first kappa shape index (κ1) is 39.5. The van der Waals surface area contributed by atoms with Crippen LogP contribution in [0.1, 0.15) is 0 Å². The molecule has 7 aromatic carbocycles. The average Bonchev–Trinajstić information content (AvgIpc) is 4.18. The van der Waals surface area contributed by atoms with Gasteiger partial charge in [0.15, 0.2) is 22.9 Å². The van der Waals surface area contributed by atoms with Gasteiger partial charge in [-0.25, -0.2) is 24.9 Å². The number of thiophene rings is 2. The van der Waals surface area contributed by atoms with Gasteiger partial charge in [-0.3, -0.25) is 24.1 Å². The van der Waals surface area contributed by atoms with Crippen LogP contribution in [0.25, 0.3) is 152 Å². The van der Waals surface area contributed by atoms with Gasteiger partial charge in [0, 0.05) is 87.0 Å². The Balaban J connectivity index is 0.798. The molecule has 0 aliphatic heterocycles. The molecular weight excluding hydrogens is 925 g/mol. The third kappa shape index (κ3) is 5.93. The molecule has 0 aliphatic rings. The molecule has 0 spiro atoms. The Morgan fingerprint density at radius 1 is 0.306 bits per heavy atom. The number of para-hydroxylation sites is 2. The summed E-state index contributed by atoms with van der Waals surface area (Å²) in [6.45, 7) is 0. The number of hydrogen-bond acceptors (Lipinski definition) is 10. The van der Waals surface area contributed by atoms with E-state index in [2.05, 4.69) is 151 Å². The molecule has 9 aromatic heterocycles. The van der Waals surface area contributed by atoms with Crippen molar-refractivity contribution in [3.63, 3.8) is 0 Å². The Morgan fingerprint density at radius 2 is 0.847 bits per heavy atom. The summed E-state index contributed by atoms with van der Waals surface area (Å²) < 4.78 is 9.27. The van der Waals surface area contributed by atoms with E-state index in [0.29, 0.717) is 17.1 Å².